The zero-order valence-electron chi connectivity index (χ0n) is 19.0. The van der Waals surface area contributed by atoms with Gasteiger partial charge in [-0.2, -0.15) is 0 Å². The molecule has 6 heteroatoms. The fourth-order valence-corrected chi connectivity index (χ4v) is 3.88. The molecular weight excluding hydrogens is 428 g/mol. The first-order chi connectivity index (χ1) is 16.4. The summed E-state index contributed by atoms with van der Waals surface area (Å²) in [5.41, 5.74) is 4.94. The number of furan rings is 1. The maximum absolute atomic E-state index is 13.5. The monoisotopic (exact) mass is 450 g/mol. The van der Waals surface area contributed by atoms with E-state index in [2.05, 4.69) is 10.5 Å². The minimum Gasteiger partial charge on any atom is -0.450 e. The Morgan fingerprint density at radius 2 is 1.47 bits per heavy atom. The van der Waals surface area contributed by atoms with Gasteiger partial charge in [-0.3, -0.25) is 9.59 Å². The van der Waals surface area contributed by atoms with E-state index in [1.807, 2.05) is 68.4 Å². The third-order valence-corrected chi connectivity index (χ3v) is 5.76. The number of carbonyl (C=O) groups excluding carboxylic acids is 2. The van der Waals surface area contributed by atoms with Crippen LogP contribution in [0.2, 0.25) is 0 Å². The molecule has 6 nitrogen and oxygen atoms in total. The Morgan fingerprint density at radius 1 is 0.824 bits per heavy atom. The summed E-state index contributed by atoms with van der Waals surface area (Å²) in [4.78, 5) is 26.8. The number of hydrogen-bond acceptors (Lipinski definition) is 5. The van der Waals surface area contributed by atoms with Crippen molar-refractivity contribution >= 4 is 28.3 Å². The van der Waals surface area contributed by atoms with Crippen LogP contribution in [0.4, 0.5) is 5.69 Å². The zero-order valence-corrected chi connectivity index (χ0v) is 19.0. The quantitative estimate of drug-likeness (QED) is 0.309. The van der Waals surface area contributed by atoms with Crippen LogP contribution in [0, 0.1) is 20.8 Å². The Labute approximate surface area is 196 Å². The van der Waals surface area contributed by atoms with E-state index < -0.39 is 5.91 Å². The fraction of sp³-hybridized carbons (Fsp3) is 0.107. The third-order valence-electron chi connectivity index (χ3n) is 5.76. The number of aryl methyl sites for hydroxylation is 3. The van der Waals surface area contributed by atoms with Crippen LogP contribution >= 0.6 is 0 Å². The highest BCUT2D eigenvalue weighted by atomic mass is 16.5. The molecule has 5 aromatic rings. The minimum atomic E-state index is -0.432. The van der Waals surface area contributed by atoms with Gasteiger partial charge in [0.25, 0.3) is 5.91 Å². The molecule has 34 heavy (non-hydrogen) atoms. The van der Waals surface area contributed by atoms with Gasteiger partial charge in [0.05, 0.1) is 11.4 Å². The van der Waals surface area contributed by atoms with Crippen molar-refractivity contribution in [2.45, 2.75) is 20.8 Å². The molecule has 0 spiro atoms. The highest BCUT2D eigenvalue weighted by Crippen LogP contribution is 2.34. The lowest BCUT2D eigenvalue weighted by Gasteiger charge is -2.07. The van der Waals surface area contributed by atoms with Crippen LogP contribution in [-0.2, 0) is 0 Å². The topological polar surface area (TPSA) is 85.3 Å². The second-order valence-electron chi connectivity index (χ2n) is 8.29. The molecule has 3 aromatic carbocycles. The number of fused-ring (bicyclic) bond motifs is 1. The number of carbonyl (C=O) groups is 2. The van der Waals surface area contributed by atoms with Gasteiger partial charge in [0, 0.05) is 16.5 Å². The number of amides is 1. The second kappa shape index (κ2) is 8.48. The van der Waals surface area contributed by atoms with Crippen LogP contribution in [0.3, 0.4) is 0 Å². The first-order valence-corrected chi connectivity index (χ1v) is 10.9. The highest BCUT2D eigenvalue weighted by molar-refractivity contribution is 6.19. The number of ketones is 1. The lowest BCUT2D eigenvalue weighted by atomic mass is 10.0. The molecule has 168 valence electrons. The van der Waals surface area contributed by atoms with Crippen LogP contribution < -0.4 is 5.32 Å². The molecule has 0 saturated carbocycles. The van der Waals surface area contributed by atoms with Crippen LogP contribution in [0.15, 0.2) is 81.7 Å². The Balaban J connectivity index is 1.57. The predicted octanol–water partition coefficient (Wildman–Crippen LogP) is 6.50. The Kier molecular flexibility index (Phi) is 5.34. The van der Waals surface area contributed by atoms with E-state index in [0.717, 1.165) is 16.7 Å². The van der Waals surface area contributed by atoms with Crippen molar-refractivity contribution in [3.8, 4) is 11.3 Å². The molecule has 2 heterocycles. The number of nitrogens with zero attached hydrogens (tertiary/aromatic N) is 1. The average molecular weight is 450 g/mol. The number of aromatic nitrogens is 1. The van der Waals surface area contributed by atoms with E-state index in [9.17, 15) is 9.59 Å². The van der Waals surface area contributed by atoms with Crippen LogP contribution in [0.5, 0.6) is 0 Å². The maximum Gasteiger partial charge on any atom is 0.261 e. The molecule has 0 bridgehead atoms. The van der Waals surface area contributed by atoms with Crippen LogP contribution in [0.25, 0.3) is 22.3 Å². The van der Waals surface area contributed by atoms with Crippen molar-refractivity contribution in [2.75, 3.05) is 5.32 Å². The first kappa shape index (κ1) is 21.4. The zero-order chi connectivity index (χ0) is 23.8. The molecule has 1 amide bonds. The molecule has 0 aliphatic heterocycles. The summed E-state index contributed by atoms with van der Waals surface area (Å²) in [6.07, 6.45) is 0. The van der Waals surface area contributed by atoms with Gasteiger partial charge in [-0.25, -0.2) is 0 Å². The van der Waals surface area contributed by atoms with Crippen LogP contribution in [0.1, 0.15) is 43.3 Å². The summed E-state index contributed by atoms with van der Waals surface area (Å²) >= 11 is 0. The molecule has 0 aliphatic rings. The number of nitrogens with one attached hydrogen (secondary N) is 1. The van der Waals surface area contributed by atoms with Crippen molar-refractivity contribution in [1.82, 2.24) is 5.16 Å². The molecule has 0 saturated heterocycles. The smallest absolute Gasteiger partial charge is 0.261 e. The molecule has 0 aliphatic carbocycles. The molecule has 1 N–H and O–H groups in total. The van der Waals surface area contributed by atoms with E-state index in [-0.39, 0.29) is 11.5 Å². The van der Waals surface area contributed by atoms with Crippen molar-refractivity contribution in [3.05, 3.63) is 107 Å². The second-order valence-corrected chi connectivity index (χ2v) is 8.29. The van der Waals surface area contributed by atoms with Crippen molar-refractivity contribution in [3.63, 3.8) is 0 Å². The van der Waals surface area contributed by atoms with Crippen LogP contribution in [-0.4, -0.2) is 16.8 Å². The summed E-state index contributed by atoms with van der Waals surface area (Å²) in [7, 11) is 0. The first-order valence-electron chi connectivity index (χ1n) is 10.9. The molecular formula is C28H22N2O4. The molecule has 0 atom stereocenters. The number of hydrogen-bond donors (Lipinski definition) is 1. The largest absolute Gasteiger partial charge is 0.450 e. The van der Waals surface area contributed by atoms with Gasteiger partial charge in [0.1, 0.15) is 11.1 Å². The minimum absolute atomic E-state index is 0.0735. The summed E-state index contributed by atoms with van der Waals surface area (Å²) < 4.78 is 11.4. The standard InChI is InChI=1S/C28H22N2O4/c1-16-8-12-19(13-9-16)25(31)27-24(21-6-4-5-7-22(21)33-27)29-28(32)23-18(3)30-34-26(23)20-14-10-17(2)11-15-20/h4-15H,1-3H3,(H,29,32). The molecule has 0 fully saturated rings. The number of anilines is 1. The SMILES string of the molecule is Cc1ccc(C(=O)c2oc3ccccc3c2NC(=O)c2c(C)noc2-c2ccc(C)cc2)cc1. The molecule has 0 radical (unpaired) electrons. The van der Waals surface area contributed by atoms with E-state index in [0.29, 0.717) is 39.2 Å². The average Bonchev–Trinajstić information content (AvgIpc) is 3.40. The summed E-state index contributed by atoms with van der Waals surface area (Å²) in [6.45, 7) is 5.65. The molecule has 2 aromatic heterocycles. The van der Waals surface area contributed by atoms with Gasteiger partial charge in [0.15, 0.2) is 11.5 Å². The molecule has 5 rings (SSSR count). The Bertz CT molecular complexity index is 1520. The number of benzene rings is 3. The summed E-state index contributed by atoms with van der Waals surface area (Å²) in [6, 6.07) is 22.1. The van der Waals surface area contributed by atoms with Gasteiger partial charge in [-0.15, -0.1) is 0 Å². The normalized spacial score (nSPS) is 11.0. The Hall–Kier alpha value is -4.45. The van der Waals surface area contributed by atoms with Gasteiger partial charge < -0.3 is 14.3 Å². The summed E-state index contributed by atoms with van der Waals surface area (Å²) in [5.74, 6) is -0.301. The van der Waals surface area contributed by atoms with Gasteiger partial charge in [0.2, 0.25) is 5.78 Å². The lowest BCUT2D eigenvalue weighted by molar-refractivity contribution is 0.101. The molecule has 0 unspecified atom stereocenters. The number of rotatable bonds is 5. The van der Waals surface area contributed by atoms with Crippen molar-refractivity contribution in [2.24, 2.45) is 0 Å². The van der Waals surface area contributed by atoms with Gasteiger partial charge in [-0.05, 0) is 32.9 Å². The van der Waals surface area contributed by atoms with E-state index >= 15 is 0 Å². The van der Waals surface area contributed by atoms with Gasteiger partial charge >= 0.3 is 0 Å². The highest BCUT2D eigenvalue weighted by Gasteiger charge is 2.27. The van der Waals surface area contributed by atoms with E-state index in [4.69, 9.17) is 8.94 Å². The Morgan fingerprint density at radius 3 is 2.18 bits per heavy atom. The van der Waals surface area contributed by atoms with E-state index in [1.165, 1.54) is 0 Å². The lowest BCUT2D eigenvalue weighted by Crippen LogP contribution is -2.15. The van der Waals surface area contributed by atoms with Crippen molar-refractivity contribution < 1.29 is 18.5 Å². The van der Waals surface area contributed by atoms with Crippen molar-refractivity contribution in [1.29, 1.82) is 0 Å². The van der Waals surface area contributed by atoms with Gasteiger partial charge in [-0.1, -0.05) is 76.9 Å². The maximum atomic E-state index is 13.5. The summed E-state index contributed by atoms with van der Waals surface area (Å²) in [5, 5.41) is 7.56. The third kappa shape index (κ3) is 3.79. The van der Waals surface area contributed by atoms with E-state index in [1.54, 1.807) is 25.1 Å². The predicted molar refractivity (Wildman–Crippen MR) is 130 cm³/mol. The fourth-order valence-electron chi connectivity index (χ4n) is 3.88. The number of para-hydroxylation sites is 1.